The second kappa shape index (κ2) is 4.22. The predicted molar refractivity (Wildman–Crippen MR) is 68.5 cm³/mol. The molecule has 0 aromatic heterocycles. The van der Waals surface area contributed by atoms with Crippen LogP contribution < -0.4 is 5.32 Å². The van der Waals surface area contributed by atoms with Gasteiger partial charge in [-0.25, -0.2) is 0 Å². The molecule has 3 nitrogen and oxygen atoms in total. The Hall–Kier alpha value is -0.220. The average Bonchev–Trinajstić information content (AvgIpc) is 2.52. The molecule has 1 unspecified atom stereocenters. The van der Waals surface area contributed by atoms with Crippen molar-refractivity contribution in [2.24, 2.45) is 0 Å². The second-order valence-electron chi connectivity index (χ2n) is 5.26. The first-order chi connectivity index (χ1) is 7.55. The minimum atomic E-state index is -0.316. The zero-order valence-electron chi connectivity index (χ0n) is 10.5. The monoisotopic (exact) mass is 242 g/mol. The van der Waals surface area contributed by atoms with E-state index in [4.69, 9.17) is 0 Å². The summed E-state index contributed by atoms with van der Waals surface area (Å²) in [7, 11) is 0. The highest BCUT2D eigenvalue weighted by Crippen LogP contribution is 2.43. The molecule has 1 aliphatic carbocycles. The van der Waals surface area contributed by atoms with E-state index in [0.29, 0.717) is 4.75 Å². The van der Waals surface area contributed by atoms with Gasteiger partial charge in [-0.3, -0.25) is 10.1 Å². The molecule has 0 bridgehead atoms. The van der Waals surface area contributed by atoms with Crippen LogP contribution in [0.25, 0.3) is 0 Å². The fraction of sp³-hybridized carbons (Fsp3) is 0.917. The number of carbonyl (C=O) groups excluding carboxylic acids is 1. The van der Waals surface area contributed by atoms with Gasteiger partial charge >= 0.3 is 0 Å². The van der Waals surface area contributed by atoms with Gasteiger partial charge in [0, 0.05) is 11.3 Å². The summed E-state index contributed by atoms with van der Waals surface area (Å²) in [5.41, 5.74) is -0.316. The van der Waals surface area contributed by atoms with Crippen LogP contribution in [-0.2, 0) is 4.79 Å². The zero-order chi connectivity index (χ0) is 11.8. The molecule has 16 heavy (non-hydrogen) atoms. The molecule has 1 heterocycles. The molecule has 2 fully saturated rings. The highest BCUT2D eigenvalue weighted by atomic mass is 32.2. The van der Waals surface area contributed by atoms with Gasteiger partial charge in [0.05, 0.1) is 12.2 Å². The Bertz CT molecular complexity index is 285. The van der Waals surface area contributed by atoms with Crippen molar-refractivity contribution in [1.82, 2.24) is 10.2 Å². The number of nitrogens with one attached hydrogen (secondary N) is 1. The van der Waals surface area contributed by atoms with Crippen LogP contribution in [0.15, 0.2) is 0 Å². The van der Waals surface area contributed by atoms with Gasteiger partial charge in [-0.15, -0.1) is 0 Å². The molecule has 1 N–H and O–H groups in total. The summed E-state index contributed by atoms with van der Waals surface area (Å²) in [5, 5.41) is 3.34. The molecule has 1 saturated heterocycles. The molecule has 92 valence electrons. The lowest BCUT2D eigenvalue weighted by Crippen LogP contribution is -2.48. The van der Waals surface area contributed by atoms with Crippen molar-refractivity contribution in [3.63, 3.8) is 0 Å². The normalized spacial score (nSPS) is 32.9. The average molecular weight is 242 g/mol. The topological polar surface area (TPSA) is 32.3 Å². The lowest BCUT2D eigenvalue weighted by molar-refractivity contribution is -0.132. The Labute approximate surface area is 102 Å². The number of hydrogen-bond donors (Lipinski definition) is 1. The third kappa shape index (κ3) is 1.86. The Morgan fingerprint density at radius 2 is 2.19 bits per heavy atom. The van der Waals surface area contributed by atoms with Crippen LogP contribution in [0.4, 0.5) is 0 Å². The van der Waals surface area contributed by atoms with Gasteiger partial charge in [-0.2, -0.15) is 11.8 Å². The number of amides is 1. The summed E-state index contributed by atoms with van der Waals surface area (Å²) in [5.74, 6) is 0.287. The van der Waals surface area contributed by atoms with E-state index in [1.807, 2.05) is 23.6 Å². The molecule has 1 aliphatic heterocycles. The predicted octanol–water partition coefficient (Wildman–Crippen LogP) is 1.83. The highest BCUT2D eigenvalue weighted by molar-refractivity contribution is 8.00. The first kappa shape index (κ1) is 12.2. The lowest BCUT2D eigenvalue weighted by Gasteiger charge is -2.43. The number of carbonyl (C=O) groups is 1. The number of thioether (sulfide) groups is 1. The molecule has 0 aromatic carbocycles. The summed E-state index contributed by atoms with van der Waals surface area (Å²) >= 11 is 1.93. The van der Waals surface area contributed by atoms with Crippen molar-refractivity contribution in [2.45, 2.75) is 49.8 Å². The van der Waals surface area contributed by atoms with E-state index in [-0.39, 0.29) is 11.4 Å². The fourth-order valence-electron chi connectivity index (χ4n) is 2.52. The van der Waals surface area contributed by atoms with E-state index in [0.717, 1.165) is 19.6 Å². The van der Waals surface area contributed by atoms with E-state index in [2.05, 4.69) is 18.5 Å². The van der Waals surface area contributed by atoms with Crippen molar-refractivity contribution < 1.29 is 4.79 Å². The summed E-state index contributed by atoms with van der Waals surface area (Å²) < 4.78 is 0.357. The molecule has 1 amide bonds. The molecule has 1 saturated carbocycles. The van der Waals surface area contributed by atoms with Crippen molar-refractivity contribution in [2.75, 3.05) is 19.5 Å². The van der Waals surface area contributed by atoms with Crippen molar-refractivity contribution in [1.29, 1.82) is 0 Å². The van der Waals surface area contributed by atoms with Gasteiger partial charge in [0.15, 0.2) is 0 Å². The maximum atomic E-state index is 12.2. The van der Waals surface area contributed by atoms with E-state index < -0.39 is 0 Å². The van der Waals surface area contributed by atoms with Crippen molar-refractivity contribution in [3.8, 4) is 0 Å². The first-order valence-corrected chi connectivity index (χ1v) is 7.37. The Morgan fingerprint density at radius 3 is 2.56 bits per heavy atom. The zero-order valence-corrected chi connectivity index (χ0v) is 11.3. The van der Waals surface area contributed by atoms with E-state index in [1.165, 1.54) is 19.3 Å². The van der Waals surface area contributed by atoms with Gasteiger partial charge in [0.2, 0.25) is 5.91 Å². The van der Waals surface area contributed by atoms with Gasteiger partial charge in [-0.1, -0.05) is 13.3 Å². The minimum Gasteiger partial charge on any atom is -0.327 e. The standard InChI is InChI=1S/C12H22N2OS/c1-4-11(2)10(15)14(9-13-11)8-12(16-3)6-5-7-12/h13H,4-9H2,1-3H3. The smallest absolute Gasteiger partial charge is 0.243 e. The van der Waals surface area contributed by atoms with Crippen LogP contribution in [0.1, 0.15) is 39.5 Å². The highest BCUT2D eigenvalue weighted by Gasteiger charge is 2.45. The SMILES string of the molecule is CCC1(C)NCN(CC2(SC)CCC2)C1=O. The van der Waals surface area contributed by atoms with E-state index in [1.54, 1.807) is 0 Å². The number of hydrogen-bond acceptors (Lipinski definition) is 3. The number of nitrogens with zero attached hydrogens (tertiary/aromatic N) is 1. The maximum Gasteiger partial charge on any atom is 0.243 e. The third-order valence-corrected chi connectivity index (χ3v) is 5.71. The van der Waals surface area contributed by atoms with Gasteiger partial charge in [0.25, 0.3) is 0 Å². The van der Waals surface area contributed by atoms with E-state index >= 15 is 0 Å². The van der Waals surface area contributed by atoms with Gasteiger partial charge in [0.1, 0.15) is 0 Å². The minimum absolute atomic E-state index is 0.287. The Balaban J connectivity index is 2.00. The Kier molecular flexibility index (Phi) is 3.23. The quantitative estimate of drug-likeness (QED) is 0.816. The van der Waals surface area contributed by atoms with E-state index in [9.17, 15) is 4.79 Å². The third-order valence-electron chi connectivity index (χ3n) is 4.30. The van der Waals surface area contributed by atoms with Crippen LogP contribution >= 0.6 is 11.8 Å². The van der Waals surface area contributed by atoms with Crippen LogP contribution in [0, 0.1) is 0 Å². The summed E-state index contributed by atoms with van der Waals surface area (Å²) in [6.45, 7) is 5.74. The molecule has 2 rings (SSSR count). The largest absolute Gasteiger partial charge is 0.327 e. The molecule has 2 aliphatic rings. The maximum absolute atomic E-state index is 12.2. The molecular weight excluding hydrogens is 220 g/mol. The molecule has 4 heteroatoms. The summed E-state index contributed by atoms with van der Waals surface area (Å²) in [6.07, 6.45) is 6.89. The summed E-state index contributed by atoms with van der Waals surface area (Å²) in [6, 6.07) is 0. The molecular formula is C12H22N2OS. The number of rotatable bonds is 4. The van der Waals surface area contributed by atoms with Crippen LogP contribution in [0.2, 0.25) is 0 Å². The molecule has 0 aromatic rings. The molecule has 0 radical (unpaired) electrons. The van der Waals surface area contributed by atoms with Gasteiger partial charge in [-0.05, 0) is 32.4 Å². The van der Waals surface area contributed by atoms with Crippen LogP contribution in [0.3, 0.4) is 0 Å². The first-order valence-electron chi connectivity index (χ1n) is 6.15. The molecule has 1 atom stereocenters. The molecule has 0 spiro atoms. The Morgan fingerprint density at radius 1 is 1.50 bits per heavy atom. The fourth-order valence-corrected chi connectivity index (χ4v) is 3.50. The van der Waals surface area contributed by atoms with Crippen molar-refractivity contribution >= 4 is 17.7 Å². The van der Waals surface area contributed by atoms with Crippen LogP contribution in [-0.4, -0.2) is 40.6 Å². The summed E-state index contributed by atoms with van der Waals surface area (Å²) in [4.78, 5) is 14.3. The van der Waals surface area contributed by atoms with Gasteiger partial charge < -0.3 is 4.90 Å². The lowest BCUT2D eigenvalue weighted by atomic mass is 9.83. The van der Waals surface area contributed by atoms with Crippen LogP contribution in [0.5, 0.6) is 0 Å². The van der Waals surface area contributed by atoms with Crippen molar-refractivity contribution in [3.05, 3.63) is 0 Å². The second-order valence-corrected chi connectivity index (χ2v) is 6.54.